The molecule has 1 unspecified atom stereocenters. The maximum Gasteiger partial charge on any atom is 0.231 e. The van der Waals surface area contributed by atoms with Gasteiger partial charge < -0.3 is 29.6 Å². The first-order chi connectivity index (χ1) is 12.8. The highest BCUT2D eigenvalue weighted by Gasteiger charge is 2.18. The smallest absolute Gasteiger partial charge is 0.231 e. The summed E-state index contributed by atoms with van der Waals surface area (Å²) in [5.41, 5.74) is 1.06. The van der Waals surface area contributed by atoms with Gasteiger partial charge in [-0.05, 0) is 53.4 Å². The van der Waals surface area contributed by atoms with Crippen LogP contribution in [-0.2, 0) is 16.0 Å². The fourth-order valence-electron chi connectivity index (χ4n) is 2.80. The summed E-state index contributed by atoms with van der Waals surface area (Å²) >= 11 is 3.52. The molecular weight excluding hydrogens is 529 g/mol. The van der Waals surface area contributed by atoms with Crippen molar-refractivity contribution in [3.63, 3.8) is 0 Å². The predicted octanol–water partition coefficient (Wildman–Crippen LogP) is 3.05. The van der Waals surface area contributed by atoms with Gasteiger partial charge >= 0.3 is 0 Å². The Hall–Kier alpha value is -0.780. The van der Waals surface area contributed by atoms with Gasteiger partial charge in [0.25, 0.3) is 0 Å². The number of fused-ring (bicyclic) bond motifs is 1. The van der Waals surface area contributed by atoms with E-state index in [9.17, 15) is 0 Å². The summed E-state index contributed by atoms with van der Waals surface area (Å²) in [4.78, 5) is 4.64. The summed E-state index contributed by atoms with van der Waals surface area (Å²) in [6.45, 7) is 6.77. The van der Waals surface area contributed by atoms with Crippen LogP contribution in [0, 0.1) is 0 Å². The fraction of sp³-hybridized carbons (Fsp3) is 0.611. The molecule has 1 atom stereocenters. The average Bonchev–Trinajstić information content (AvgIpc) is 3.31. The topological polar surface area (TPSA) is 73.3 Å². The van der Waals surface area contributed by atoms with Crippen LogP contribution in [-0.4, -0.2) is 51.8 Å². The molecule has 0 saturated carbocycles. The molecule has 1 aromatic carbocycles. The Morgan fingerprint density at radius 3 is 3.00 bits per heavy atom. The third kappa shape index (κ3) is 6.95. The molecule has 2 N–H and O–H groups in total. The highest BCUT2D eigenvalue weighted by atomic mass is 127. The molecule has 0 radical (unpaired) electrons. The lowest BCUT2D eigenvalue weighted by molar-refractivity contribution is 0.0420. The molecule has 152 valence electrons. The van der Waals surface area contributed by atoms with E-state index in [1.54, 1.807) is 0 Å². The van der Waals surface area contributed by atoms with Crippen LogP contribution in [0.2, 0.25) is 0 Å². The van der Waals surface area contributed by atoms with Crippen LogP contribution in [0.3, 0.4) is 0 Å². The van der Waals surface area contributed by atoms with E-state index >= 15 is 0 Å². The normalized spacial score (nSPS) is 18.3. The highest BCUT2D eigenvalue weighted by molar-refractivity contribution is 14.0. The second-order valence-corrected chi connectivity index (χ2v) is 7.00. The first-order valence-electron chi connectivity index (χ1n) is 9.06. The maximum absolute atomic E-state index is 5.77. The van der Waals surface area contributed by atoms with Crippen LogP contribution in [0.1, 0.15) is 25.3 Å². The number of nitrogens with one attached hydrogen (secondary N) is 2. The third-order valence-electron chi connectivity index (χ3n) is 4.11. The zero-order valence-electron chi connectivity index (χ0n) is 15.5. The number of ether oxygens (including phenoxy) is 4. The largest absolute Gasteiger partial charge is 0.454 e. The van der Waals surface area contributed by atoms with E-state index in [4.69, 9.17) is 18.9 Å². The second kappa shape index (κ2) is 11.9. The van der Waals surface area contributed by atoms with Crippen molar-refractivity contribution in [3.05, 3.63) is 22.2 Å². The van der Waals surface area contributed by atoms with Gasteiger partial charge in [0, 0.05) is 26.3 Å². The van der Waals surface area contributed by atoms with Crippen LogP contribution < -0.4 is 20.1 Å². The summed E-state index contributed by atoms with van der Waals surface area (Å²) in [7, 11) is 0. The lowest BCUT2D eigenvalue weighted by atomic mass is 10.2. The Morgan fingerprint density at radius 2 is 2.22 bits per heavy atom. The van der Waals surface area contributed by atoms with Crippen molar-refractivity contribution in [2.24, 2.45) is 4.99 Å². The van der Waals surface area contributed by atoms with Crippen molar-refractivity contribution in [1.82, 2.24) is 10.6 Å². The molecule has 0 bridgehead atoms. The number of nitrogens with zero attached hydrogens (tertiary/aromatic N) is 1. The second-order valence-electron chi connectivity index (χ2n) is 6.14. The van der Waals surface area contributed by atoms with E-state index in [-0.39, 0.29) is 36.9 Å². The molecular formula is C18H27BrIN3O4. The minimum Gasteiger partial charge on any atom is -0.454 e. The van der Waals surface area contributed by atoms with Crippen molar-refractivity contribution in [2.45, 2.75) is 32.4 Å². The Labute approximate surface area is 185 Å². The molecule has 27 heavy (non-hydrogen) atoms. The van der Waals surface area contributed by atoms with Crippen LogP contribution in [0.25, 0.3) is 0 Å². The lowest BCUT2D eigenvalue weighted by Crippen LogP contribution is -2.38. The van der Waals surface area contributed by atoms with Crippen molar-refractivity contribution in [3.8, 4) is 11.5 Å². The van der Waals surface area contributed by atoms with Crippen LogP contribution in [0.15, 0.2) is 21.6 Å². The van der Waals surface area contributed by atoms with E-state index in [0.717, 1.165) is 73.2 Å². The van der Waals surface area contributed by atoms with Gasteiger partial charge in [0.05, 0.1) is 23.7 Å². The zero-order chi connectivity index (χ0) is 18.2. The molecule has 1 fully saturated rings. The standard InChI is InChI=1S/C18H26BrN3O4.HI/c1-2-20-18(21-5-3-6-24-14-4-7-23-11-14)22-10-13-8-15(19)17-16(9-13)25-12-26-17;/h8-9,14H,2-7,10-12H2,1H3,(H2,20,21,22);1H. The molecule has 0 aliphatic carbocycles. The Morgan fingerprint density at radius 1 is 1.33 bits per heavy atom. The number of benzene rings is 1. The molecule has 0 spiro atoms. The van der Waals surface area contributed by atoms with Crippen LogP contribution in [0.5, 0.6) is 11.5 Å². The van der Waals surface area contributed by atoms with E-state index in [1.165, 1.54) is 0 Å². The summed E-state index contributed by atoms with van der Waals surface area (Å²) in [6.07, 6.45) is 2.19. The Kier molecular flexibility index (Phi) is 9.94. The summed E-state index contributed by atoms with van der Waals surface area (Å²) < 4.78 is 22.8. The van der Waals surface area contributed by atoms with E-state index in [1.807, 2.05) is 12.1 Å². The van der Waals surface area contributed by atoms with Gasteiger partial charge in [-0.1, -0.05) is 0 Å². The average molecular weight is 556 g/mol. The van der Waals surface area contributed by atoms with Gasteiger partial charge in [-0.15, -0.1) is 24.0 Å². The first kappa shape index (κ1) is 22.5. The third-order valence-corrected chi connectivity index (χ3v) is 4.70. The van der Waals surface area contributed by atoms with Gasteiger partial charge in [-0.3, -0.25) is 0 Å². The van der Waals surface area contributed by atoms with Crippen molar-refractivity contribution < 1.29 is 18.9 Å². The zero-order valence-corrected chi connectivity index (χ0v) is 19.4. The monoisotopic (exact) mass is 555 g/mol. The molecule has 1 aromatic rings. The predicted molar refractivity (Wildman–Crippen MR) is 118 cm³/mol. The number of hydrogen-bond acceptors (Lipinski definition) is 5. The fourth-order valence-corrected chi connectivity index (χ4v) is 3.40. The number of aliphatic imine (C=N–C) groups is 1. The molecule has 0 amide bonds. The number of guanidine groups is 1. The van der Waals surface area contributed by atoms with Crippen molar-refractivity contribution >= 4 is 45.9 Å². The first-order valence-corrected chi connectivity index (χ1v) is 9.85. The summed E-state index contributed by atoms with van der Waals surface area (Å²) in [5, 5.41) is 6.61. The molecule has 2 aliphatic rings. The number of halogens is 2. The maximum atomic E-state index is 5.77. The minimum atomic E-state index is 0. The van der Waals surface area contributed by atoms with E-state index < -0.39 is 0 Å². The molecule has 2 aliphatic heterocycles. The Bertz CT molecular complexity index is 627. The molecule has 2 heterocycles. The summed E-state index contributed by atoms with van der Waals surface area (Å²) in [6, 6.07) is 3.98. The van der Waals surface area contributed by atoms with Gasteiger partial charge in [-0.2, -0.15) is 0 Å². The lowest BCUT2D eigenvalue weighted by Gasteiger charge is -2.13. The number of hydrogen-bond donors (Lipinski definition) is 2. The van der Waals surface area contributed by atoms with E-state index in [2.05, 4.69) is 38.5 Å². The van der Waals surface area contributed by atoms with Crippen molar-refractivity contribution in [2.75, 3.05) is 39.7 Å². The van der Waals surface area contributed by atoms with Gasteiger partial charge in [0.1, 0.15) is 0 Å². The van der Waals surface area contributed by atoms with Crippen molar-refractivity contribution in [1.29, 1.82) is 0 Å². The molecule has 3 rings (SSSR count). The van der Waals surface area contributed by atoms with E-state index in [0.29, 0.717) is 6.54 Å². The SMILES string of the molecule is CCNC(=NCc1cc(Br)c2c(c1)OCO2)NCCCOC1CCOC1.I. The quantitative estimate of drug-likeness (QED) is 0.222. The van der Waals surface area contributed by atoms with Gasteiger partial charge in [0.2, 0.25) is 6.79 Å². The molecule has 1 saturated heterocycles. The minimum absolute atomic E-state index is 0. The van der Waals surface area contributed by atoms with Gasteiger partial charge in [-0.25, -0.2) is 4.99 Å². The number of rotatable bonds is 8. The van der Waals surface area contributed by atoms with Gasteiger partial charge in [0.15, 0.2) is 17.5 Å². The highest BCUT2D eigenvalue weighted by Crippen LogP contribution is 2.40. The molecule has 9 heteroatoms. The van der Waals surface area contributed by atoms with Crippen LogP contribution >= 0.6 is 39.9 Å². The Balaban J connectivity index is 0.00000261. The van der Waals surface area contributed by atoms with Crippen LogP contribution in [0.4, 0.5) is 0 Å². The molecule has 0 aromatic heterocycles. The summed E-state index contributed by atoms with van der Waals surface area (Å²) in [5.74, 6) is 2.32. The molecule has 7 nitrogen and oxygen atoms in total.